The smallest absolute Gasteiger partial charge is 0.338 e. The van der Waals surface area contributed by atoms with Gasteiger partial charge in [0.05, 0.1) is 18.8 Å². The number of nitrogens with one attached hydrogen (secondary N) is 1. The van der Waals surface area contributed by atoms with Crippen LogP contribution in [0.4, 0.5) is 0 Å². The number of benzene rings is 2. The van der Waals surface area contributed by atoms with E-state index in [1.807, 2.05) is 38.1 Å². The van der Waals surface area contributed by atoms with E-state index in [4.69, 9.17) is 14.2 Å². The fourth-order valence-electron chi connectivity index (χ4n) is 2.74. The van der Waals surface area contributed by atoms with Crippen LogP contribution in [0.15, 0.2) is 48.7 Å². The maximum Gasteiger partial charge on any atom is 0.338 e. The van der Waals surface area contributed by atoms with Gasteiger partial charge in [-0.2, -0.15) is 0 Å². The summed E-state index contributed by atoms with van der Waals surface area (Å²) in [5, 5.41) is 0.801. The lowest BCUT2D eigenvalue weighted by Crippen LogP contribution is -2.14. The Hall–Kier alpha value is -3.28. The molecule has 0 atom stereocenters. The molecule has 6 heteroatoms. The Morgan fingerprint density at radius 2 is 1.85 bits per heavy atom. The van der Waals surface area contributed by atoms with Crippen LogP contribution in [0.2, 0.25) is 0 Å². The molecule has 140 valence electrons. The van der Waals surface area contributed by atoms with Crippen molar-refractivity contribution in [1.82, 2.24) is 4.98 Å². The third-order valence-electron chi connectivity index (χ3n) is 3.99. The van der Waals surface area contributed by atoms with Crippen molar-refractivity contribution in [2.75, 3.05) is 13.7 Å². The Balaban J connectivity index is 1.69. The Morgan fingerprint density at radius 1 is 1.07 bits per heavy atom. The predicted molar refractivity (Wildman–Crippen MR) is 102 cm³/mol. The Labute approximate surface area is 157 Å². The van der Waals surface area contributed by atoms with Crippen LogP contribution in [-0.2, 0) is 4.74 Å². The topological polar surface area (TPSA) is 77.6 Å². The normalized spacial score (nSPS) is 10.8. The third-order valence-corrected chi connectivity index (χ3v) is 3.99. The summed E-state index contributed by atoms with van der Waals surface area (Å²) in [6.07, 6.45) is 1.60. The lowest BCUT2D eigenvalue weighted by atomic mass is 10.1. The van der Waals surface area contributed by atoms with Crippen molar-refractivity contribution in [1.29, 1.82) is 0 Å². The van der Waals surface area contributed by atoms with E-state index in [0.717, 1.165) is 10.9 Å². The number of methoxy groups -OCH3 is 1. The summed E-state index contributed by atoms with van der Waals surface area (Å²) in [7, 11) is 1.50. The second kappa shape index (κ2) is 7.95. The maximum atomic E-state index is 12.4. The van der Waals surface area contributed by atoms with E-state index in [2.05, 4.69) is 4.98 Å². The molecular weight excluding hydrogens is 346 g/mol. The second-order valence-corrected chi connectivity index (χ2v) is 6.28. The SMILES string of the molecule is COc1cc(C(=O)OCC(=O)c2c[nH]c3ccccc23)ccc1OC(C)C. The first kappa shape index (κ1) is 18.5. The zero-order valence-electron chi connectivity index (χ0n) is 15.4. The number of hydrogen-bond donors (Lipinski definition) is 1. The van der Waals surface area contributed by atoms with Gasteiger partial charge in [0.15, 0.2) is 18.1 Å². The predicted octanol–water partition coefficient (Wildman–Crippen LogP) is 4.00. The number of carbonyl (C=O) groups is 2. The highest BCUT2D eigenvalue weighted by atomic mass is 16.5. The van der Waals surface area contributed by atoms with Gasteiger partial charge in [0.1, 0.15) is 0 Å². The van der Waals surface area contributed by atoms with E-state index in [9.17, 15) is 9.59 Å². The summed E-state index contributed by atoms with van der Waals surface area (Å²) < 4.78 is 16.1. The van der Waals surface area contributed by atoms with Crippen LogP contribution in [-0.4, -0.2) is 36.6 Å². The summed E-state index contributed by atoms with van der Waals surface area (Å²) >= 11 is 0. The molecule has 0 aliphatic heterocycles. The molecule has 1 N–H and O–H groups in total. The van der Waals surface area contributed by atoms with Crippen molar-refractivity contribution >= 4 is 22.7 Å². The van der Waals surface area contributed by atoms with Gasteiger partial charge in [-0.3, -0.25) is 4.79 Å². The lowest BCUT2D eigenvalue weighted by molar-refractivity contribution is 0.0475. The minimum atomic E-state index is -0.599. The molecular formula is C21H21NO5. The standard InChI is InChI=1S/C21H21NO5/c1-13(2)27-19-9-8-14(10-20(19)25-3)21(24)26-12-18(23)16-11-22-17-7-5-4-6-15(16)17/h4-11,13,22H,12H2,1-3H3. The van der Waals surface area contributed by atoms with E-state index < -0.39 is 5.97 Å². The maximum absolute atomic E-state index is 12.4. The molecule has 2 aromatic carbocycles. The van der Waals surface area contributed by atoms with Gasteiger partial charge in [-0.25, -0.2) is 4.79 Å². The molecule has 0 saturated carbocycles. The van der Waals surface area contributed by atoms with E-state index in [0.29, 0.717) is 17.1 Å². The quantitative estimate of drug-likeness (QED) is 0.504. The van der Waals surface area contributed by atoms with E-state index in [-0.39, 0.29) is 24.1 Å². The van der Waals surface area contributed by atoms with Crippen LogP contribution in [0.3, 0.4) is 0 Å². The number of esters is 1. The van der Waals surface area contributed by atoms with Gasteiger partial charge >= 0.3 is 5.97 Å². The van der Waals surface area contributed by atoms with Crippen LogP contribution >= 0.6 is 0 Å². The number of Topliss-reactive ketones (excluding diaryl/α,β-unsaturated/α-hetero) is 1. The average molecular weight is 367 g/mol. The molecule has 1 aromatic heterocycles. The summed E-state index contributed by atoms with van der Waals surface area (Å²) in [6, 6.07) is 12.2. The number of carbonyl (C=O) groups excluding carboxylic acids is 2. The number of hydrogen-bond acceptors (Lipinski definition) is 5. The van der Waals surface area contributed by atoms with Crippen molar-refractivity contribution in [3.05, 3.63) is 59.8 Å². The summed E-state index contributed by atoms with van der Waals surface area (Å²) in [5.41, 5.74) is 1.64. The van der Waals surface area contributed by atoms with Crippen LogP contribution < -0.4 is 9.47 Å². The molecule has 0 aliphatic carbocycles. The zero-order chi connectivity index (χ0) is 19.4. The van der Waals surface area contributed by atoms with Crippen LogP contribution in [0.1, 0.15) is 34.6 Å². The first-order chi connectivity index (χ1) is 13.0. The fourth-order valence-corrected chi connectivity index (χ4v) is 2.74. The van der Waals surface area contributed by atoms with Gasteiger partial charge in [-0.05, 0) is 38.1 Å². The Kier molecular flexibility index (Phi) is 5.45. The number of aromatic amines is 1. The largest absolute Gasteiger partial charge is 0.493 e. The summed E-state index contributed by atoms with van der Waals surface area (Å²) in [6.45, 7) is 3.46. The molecule has 0 saturated heterocycles. The average Bonchev–Trinajstić information content (AvgIpc) is 3.10. The number of aromatic nitrogens is 1. The molecule has 0 amide bonds. The molecule has 0 aliphatic rings. The summed E-state index contributed by atoms with van der Waals surface area (Å²) in [4.78, 5) is 27.8. The zero-order valence-corrected chi connectivity index (χ0v) is 15.4. The van der Waals surface area contributed by atoms with E-state index in [1.165, 1.54) is 13.2 Å². The summed E-state index contributed by atoms with van der Waals surface area (Å²) in [5.74, 6) is 0.102. The molecule has 3 aromatic rings. The van der Waals surface area contributed by atoms with Gasteiger partial charge in [0.2, 0.25) is 5.78 Å². The van der Waals surface area contributed by atoms with Gasteiger partial charge in [0, 0.05) is 22.7 Å². The molecule has 1 heterocycles. The Morgan fingerprint density at radius 3 is 2.59 bits per heavy atom. The fraction of sp³-hybridized carbons (Fsp3) is 0.238. The van der Waals surface area contributed by atoms with Crippen molar-refractivity contribution in [3.8, 4) is 11.5 Å². The van der Waals surface area contributed by atoms with Crippen molar-refractivity contribution < 1.29 is 23.8 Å². The number of para-hydroxylation sites is 1. The molecule has 6 nitrogen and oxygen atoms in total. The molecule has 0 bridgehead atoms. The van der Waals surface area contributed by atoms with Crippen LogP contribution in [0, 0.1) is 0 Å². The van der Waals surface area contributed by atoms with Crippen LogP contribution in [0.5, 0.6) is 11.5 Å². The minimum Gasteiger partial charge on any atom is -0.493 e. The number of fused-ring (bicyclic) bond motifs is 1. The van der Waals surface area contributed by atoms with E-state index >= 15 is 0 Å². The van der Waals surface area contributed by atoms with Crippen molar-refractivity contribution in [2.24, 2.45) is 0 Å². The number of rotatable bonds is 7. The molecule has 27 heavy (non-hydrogen) atoms. The van der Waals surface area contributed by atoms with Gasteiger partial charge in [-0.15, -0.1) is 0 Å². The monoisotopic (exact) mass is 367 g/mol. The number of H-pyrrole nitrogens is 1. The van der Waals surface area contributed by atoms with Crippen molar-refractivity contribution in [2.45, 2.75) is 20.0 Å². The Bertz CT molecular complexity index is 974. The lowest BCUT2D eigenvalue weighted by Gasteiger charge is -2.14. The van der Waals surface area contributed by atoms with Crippen LogP contribution in [0.25, 0.3) is 10.9 Å². The van der Waals surface area contributed by atoms with Gasteiger partial charge in [0.25, 0.3) is 0 Å². The molecule has 0 fully saturated rings. The first-order valence-corrected chi connectivity index (χ1v) is 8.60. The van der Waals surface area contributed by atoms with Crippen molar-refractivity contribution in [3.63, 3.8) is 0 Å². The number of ketones is 1. The highest BCUT2D eigenvalue weighted by molar-refractivity contribution is 6.09. The highest BCUT2D eigenvalue weighted by Crippen LogP contribution is 2.29. The van der Waals surface area contributed by atoms with Gasteiger partial charge < -0.3 is 19.2 Å². The first-order valence-electron chi connectivity index (χ1n) is 8.60. The van der Waals surface area contributed by atoms with Gasteiger partial charge in [-0.1, -0.05) is 18.2 Å². The second-order valence-electron chi connectivity index (χ2n) is 6.28. The molecule has 0 spiro atoms. The highest BCUT2D eigenvalue weighted by Gasteiger charge is 2.17. The minimum absolute atomic E-state index is 0.0227. The molecule has 0 radical (unpaired) electrons. The van der Waals surface area contributed by atoms with E-state index in [1.54, 1.807) is 18.3 Å². The molecule has 0 unspecified atom stereocenters. The number of ether oxygens (including phenoxy) is 3. The third kappa shape index (κ3) is 4.11. The molecule has 3 rings (SSSR count).